The molecule has 0 radical (unpaired) electrons. The lowest BCUT2D eigenvalue weighted by Gasteiger charge is -2.20. The van der Waals surface area contributed by atoms with Crippen LogP contribution in [0, 0.1) is 0 Å². The molecule has 0 bridgehead atoms. The second kappa shape index (κ2) is 6.14. The van der Waals surface area contributed by atoms with Gasteiger partial charge in [-0.05, 0) is 35.4 Å². The first-order valence-electron chi connectivity index (χ1n) is 8.23. The number of benzene rings is 2. The number of halogens is 1. The number of fused-ring (bicyclic) bond motifs is 1. The maximum absolute atomic E-state index is 12.9. The summed E-state index contributed by atoms with van der Waals surface area (Å²) < 4.78 is 0. The average molecular weight is 370 g/mol. The van der Waals surface area contributed by atoms with Gasteiger partial charge < -0.3 is 10.6 Å². The molecule has 2 aromatic carbocycles. The summed E-state index contributed by atoms with van der Waals surface area (Å²) in [5, 5.41) is 6.01. The van der Waals surface area contributed by atoms with Crippen molar-refractivity contribution in [1.29, 1.82) is 0 Å². The van der Waals surface area contributed by atoms with Crippen molar-refractivity contribution in [3.8, 4) is 0 Å². The van der Waals surface area contributed by atoms with Gasteiger partial charge in [-0.3, -0.25) is 14.5 Å². The smallest absolute Gasteiger partial charge is 0.325 e. The largest absolute Gasteiger partial charge is 0.325 e. The number of hydrogen-bond acceptors (Lipinski definition) is 3. The number of imide groups is 1. The van der Waals surface area contributed by atoms with Crippen molar-refractivity contribution >= 4 is 35.1 Å². The Morgan fingerprint density at radius 1 is 1.08 bits per heavy atom. The minimum atomic E-state index is -0.971. The van der Waals surface area contributed by atoms with E-state index in [-0.39, 0.29) is 12.5 Å². The predicted octanol–water partition coefficient (Wildman–Crippen LogP) is 2.37. The minimum absolute atomic E-state index is 0.328. The van der Waals surface area contributed by atoms with Crippen LogP contribution >= 0.6 is 11.6 Å². The van der Waals surface area contributed by atoms with E-state index >= 15 is 0 Å². The number of anilines is 1. The molecule has 1 fully saturated rings. The topological polar surface area (TPSA) is 78.5 Å². The molecule has 1 heterocycles. The van der Waals surface area contributed by atoms with Gasteiger partial charge in [0, 0.05) is 23.6 Å². The van der Waals surface area contributed by atoms with Crippen molar-refractivity contribution < 1.29 is 14.4 Å². The molecule has 4 rings (SSSR count). The molecular weight excluding hydrogens is 354 g/mol. The van der Waals surface area contributed by atoms with Gasteiger partial charge in [0.2, 0.25) is 5.91 Å². The highest BCUT2D eigenvalue weighted by atomic mass is 35.5. The highest BCUT2D eigenvalue weighted by Gasteiger charge is 2.54. The molecule has 7 heteroatoms. The van der Waals surface area contributed by atoms with E-state index in [1.165, 1.54) is 0 Å². The first kappa shape index (κ1) is 16.6. The summed E-state index contributed by atoms with van der Waals surface area (Å²) in [6.45, 7) is -0.328. The van der Waals surface area contributed by atoms with Crippen LogP contribution in [0.4, 0.5) is 10.5 Å². The number of rotatable bonds is 3. The van der Waals surface area contributed by atoms with E-state index in [0.717, 1.165) is 16.0 Å². The Hall–Kier alpha value is -2.86. The van der Waals surface area contributed by atoms with E-state index < -0.39 is 17.5 Å². The molecule has 2 aromatic rings. The third kappa shape index (κ3) is 2.82. The number of hydrogen-bond donors (Lipinski definition) is 2. The van der Waals surface area contributed by atoms with Crippen LogP contribution in [-0.2, 0) is 22.4 Å². The van der Waals surface area contributed by atoms with E-state index in [1.54, 1.807) is 24.3 Å². The second-order valence-electron chi connectivity index (χ2n) is 6.58. The predicted molar refractivity (Wildman–Crippen MR) is 96.9 cm³/mol. The van der Waals surface area contributed by atoms with Crippen molar-refractivity contribution in [3.05, 3.63) is 64.7 Å². The summed E-state index contributed by atoms with van der Waals surface area (Å²) in [7, 11) is 0. The first-order chi connectivity index (χ1) is 12.5. The number of amides is 4. The van der Waals surface area contributed by atoms with Gasteiger partial charge in [0.05, 0.1) is 0 Å². The van der Waals surface area contributed by atoms with Gasteiger partial charge in [-0.2, -0.15) is 0 Å². The molecule has 0 aromatic heterocycles. The lowest BCUT2D eigenvalue weighted by atomic mass is 9.96. The van der Waals surface area contributed by atoms with Crippen molar-refractivity contribution in [2.75, 3.05) is 11.9 Å². The Labute approximate surface area is 155 Å². The minimum Gasteiger partial charge on any atom is -0.325 e. The quantitative estimate of drug-likeness (QED) is 0.815. The monoisotopic (exact) mass is 369 g/mol. The fourth-order valence-corrected chi connectivity index (χ4v) is 3.68. The van der Waals surface area contributed by atoms with E-state index in [1.807, 2.05) is 24.3 Å². The Morgan fingerprint density at radius 3 is 2.31 bits per heavy atom. The normalized spacial score (nSPS) is 17.3. The Balaban J connectivity index is 1.47. The van der Waals surface area contributed by atoms with Crippen LogP contribution in [0.2, 0.25) is 5.02 Å². The molecule has 2 N–H and O–H groups in total. The Bertz CT molecular complexity index is 886. The van der Waals surface area contributed by atoms with Gasteiger partial charge in [0.25, 0.3) is 5.91 Å². The summed E-state index contributed by atoms with van der Waals surface area (Å²) >= 11 is 5.81. The van der Waals surface area contributed by atoms with Crippen LogP contribution in [0.25, 0.3) is 0 Å². The molecule has 26 heavy (non-hydrogen) atoms. The number of carbonyl (C=O) groups excluding carboxylic acids is 3. The van der Waals surface area contributed by atoms with E-state index in [4.69, 9.17) is 11.6 Å². The average Bonchev–Trinajstić information content (AvgIpc) is 3.09. The maximum atomic E-state index is 12.9. The summed E-state index contributed by atoms with van der Waals surface area (Å²) in [4.78, 5) is 38.4. The number of urea groups is 1. The van der Waals surface area contributed by atoms with Crippen LogP contribution in [0.1, 0.15) is 11.1 Å². The van der Waals surface area contributed by atoms with Crippen molar-refractivity contribution in [3.63, 3.8) is 0 Å². The third-order valence-corrected chi connectivity index (χ3v) is 5.03. The Morgan fingerprint density at radius 2 is 1.69 bits per heavy atom. The molecule has 4 amide bonds. The van der Waals surface area contributed by atoms with Crippen molar-refractivity contribution in [2.45, 2.75) is 18.4 Å². The lowest BCUT2D eigenvalue weighted by Crippen LogP contribution is -2.48. The molecule has 1 aliphatic heterocycles. The van der Waals surface area contributed by atoms with Gasteiger partial charge in [0.1, 0.15) is 12.1 Å². The van der Waals surface area contributed by atoms with Gasteiger partial charge in [0.15, 0.2) is 0 Å². The number of nitrogens with zero attached hydrogens (tertiary/aromatic N) is 1. The van der Waals surface area contributed by atoms with Crippen molar-refractivity contribution in [1.82, 2.24) is 10.2 Å². The van der Waals surface area contributed by atoms with Crippen LogP contribution < -0.4 is 10.6 Å². The van der Waals surface area contributed by atoms with Crippen LogP contribution in [0.3, 0.4) is 0 Å². The molecule has 0 unspecified atom stereocenters. The summed E-state index contributed by atoms with van der Waals surface area (Å²) in [5.41, 5.74) is 1.68. The molecule has 1 aliphatic carbocycles. The zero-order valence-corrected chi connectivity index (χ0v) is 14.5. The van der Waals surface area contributed by atoms with Gasteiger partial charge in [-0.1, -0.05) is 35.9 Å². The lowest BCUT2D eigenvalue weighted by molar-refractivity contribution is -0.133. The van der Waals surface area contributed by atoms with E-state index in [2.05, 4.69) is 10.6 Å². The summed E-state index contributed by atoms with van der Waals surface area (Å²) in [6, 6.07) is 13.8. The molecule has 0 atom stereocenters. The molecule has 1 saturated heterocycles. The van der Waals surface area contributed by atoms with Crippen LogP contribution in [0.5, 0.6) is 0 Å². The number of nitrogens with one attached hydrogen (secondary N) is 2. The Kier molecular flexibility index (Phi) is 3.92. The molecule has 0 saturated carbocycles. The fourth-order valence-electron chi connectivity index (χ4n) is 3.55. The highest BCUT2D eigenvalue weighted by molar-refractivity contribution is 6.30. The first-order valence-corrected chi connectivity index (χ1v) is 8.61. The highest BCUT2D eigenvalue weighted by Crippen LogP contribution is 2.34. The summed E-state index contributed by atoms with van der Waals surface area (Å²) in [5.74, 6) is -0.798. The second-order valence-corrected chi connectivity index (χ2v) is 7.02. The van der Waals surface area contributed by atoms with Gasteiger partial charge >= 0.3 is 6.03 Å². The molecule has 132 valence electrons. The molecular formula is C19H16ClN3O3. The summed E-state index contributed by atoms with van der Waals surface area (Å²) in [6.07, 6.45) is 0.895. The van der Waals surface area contributed by atoms with Crippen LogP contribution in [0.15, 0.2) is 48.5 Å². The van der Waals surface area contributed by atoms with Gasteiger partial charge in [-0.15, -0.1) is 0 Å². The molecule has 2 aliphatic rings. The zero-order chi connectivity index (χ0) is 18.3. The van der Waals surface area contributed by atoms with E-state index in [9.17, 15) is 14.4 Å². The van der Waals surface area contributed by atoms with Crippen molar-refractivity contribution in [2.24, 2.45) is 0 Å². The fraction of sp³-hybridized carbons (Fsp3) is 0.211. The molecule has 6 nitrogen and oxygen atoms in total. The van der Waals surface area contributed by atoms with E-state index in [0.29, 0.717) is 23.6 Å². The maximum Gasteiger partial charge on any atom is 0.325 e. The SMILES string of the molecule is O=C(CN1C(=O)NC2(Cc3ccccc3C2)C1=O)Nc1ccc(Cl)cc1. The zero-order valence-electron chi connectivity index (χ0n) is 13.8. The number of carbonyl (C=O) groups is 3. The standard InChI is InChI=1S/C19H16ClN3O3/c20-14-5-7-15(8-6-14)21-16(24)11-23-17(25)19(22-18(23)26)9-12-3-1-2-4-13(12)10-19/h1-8H,9-11H2,(H,21,24)(H,22,26). The van der Waals surface area contributed by atoms with Crippen LogP contribution in [-0.4, -0.2) is 34.8 Å². The third-order valence-electron chi connectivity index (χ3n) is 4.78. The van der Waals surface area contributed by atoms with Gasteiger partial charge in [-0.25, -0.2) is 4.79 Å². The molecule has 1 spiro atoms.